The highest BCUT2D eigenvalue weighted by Crippen LogP contribution is 2.30. The third-order valence-corrected chi connectivity index (χ3v) is 4.18. The van der Waals surface area contributed by atoms with Gasteiger partial charge in [0.1, 0.15) is 18.4 Å². The summed E-state index contributed by atoms with van der Waals surface area (Å²) in [5, 5.41) is 0. The van der Waals surface area contributed by atoms with Gasteiger partial charge in [-0.25, -0.2) is 4.98 Å². The molecule has 0 aliphatic carbocycles. The zero-order valence-corrected chi connectivity index (χ0v) is 12.9. The van der Waals surface area contributed by atoms with Crippen LogP contribution in [0.15, 0.2) is 65.5 Å². The number of aryl methyl sites for hydroxylation is 1. The standard InChI is InChI=1S/C19H17N3O/c1-13-6-2-3-7-14(13)10-22-18-9-5-4-8-17(18)21-19(22)15-11-23-12-16(15)20/h2-9,11-12H,10,20H2,1H3. The predicted molar refractivity (Wildman–Crippen MR) is 92.1 cm³/mol. The Morgan fingerprint density at radius 3 is 2.61 bits per heavy atom. The highest BCUT2D eigenvalue weighted by atomic mass is 16.3. The number of fused-ring (bicyclic) bond motifs is 1. The van der Waals surface area contributed by atoms with Crippen LogP contribution in [0, 0.1) is 6.92 Å². The SMILES string of the molecule is Cc1ccccc1Cn1c(-c2cocc2N)nc2ccccc21. The summed E-state index contributed by atoms with van der Waals surface area (Å²) in [5.41, 5.74) is 12.0. The molecule has 0 bridgehead atoms. The fourth-order valence-corrected chi connectivity index (χ4v) is 2.89. The summed E-state index contributed by atoms with van der Waals surface area (Å²) in [6, 6.07) is 16.5. The van der Waals surface area contributed by atoms with Crippen LogP contribution in [0.5, 0.6) is 0 Å². The zero-order chi connectivity index (χ0) is 15.8. The molecule has 23 heavy (non-hydrogen) atoms. The summed E-state index contributed by atoms with van der Waals surface area (Å²) >= 11 is 0. The lowest BCUT2D eigenvalue weighted by atomic mass is 10.1. The number of nitrogen functional groups attached to an aromatic ring is 1. The largest absolute Gasteiger partial charge is 0.470 e. The van der Waals surface area contributed by atoms with Gasteiger partial charge in [-0.05, 0) is 30.2 Å². The molecule has 0 atom stereocenters. The molecule has 0 unspecified atom stereocenters. The number of nitrogens with zero attached hydrogens (tertiary/aromatic N) is 2. The van der Waals surface area contributed by atoms with Crippen LogP contribution in [0.1, 0.15) is 11.1 Å². The average Bonchev–Trinajstić information content (AvgIpc) is 3.13. The van der Waals surface area contributed by atoms with Gasteiger partial charge in [-0.3, -0.25) is 0 Å². The number of imidazole rings is 1. The highest BCUT2D eigenvalue weighted by molar-refractivity contribution is 5.83. The molecule has 4 nitrogen and oxygen atoms in total. The Balaban J connectivity index is 1.93. The minimum absolute atomic E-state index is 0.603. The number of aromatic nitrogens is 2. The van der Waals surface area contributed by atoms with Gasteiger partial charge in [0.15, 0.2) is 0 Å². The van der Waals surface area contributed by atoms with Crippen molar-refractivity contribution in [1.29, 1.82) is 0 Å². The van der Waals surface area contributed by atoms with Crippen molar-refractivity contribution in [3.63, 3.8) is 0 Å². The number of furan rings is 1. The van der Waals surface area contributed by atoms with Crippen LogP contribution < -0.4 is 5.73 Å². The van der Waals surface area contributed by atoms with E-state index < -0.39 is 0 Å². The first kappa shape index (κ1) is 13.6. The Bertz CT molecular complexity index is 981. The molecule has 0 aliphatic heterocycles. The molecule has 0 fully saturated rings. The number of para-hydroxylation sites is 2. The highest BCUT2D eigenvalue weighted by Gasteiger charge is 2.16. The van der Waals surface area contributed by atoms with Gasteiger partial charge in [0.25, 0.3) is 0 Å². The molecular weight excluding hydrogens is 286 g/mol. The summed E-state index contributed by atoms with van der Waals surface area (Å²) < 4.78 is 7.44. The number of nitrogens with two attached hydrogens (primary N) is 1. The van der Waals surface area contributed by atoms with E-state index in [4.69, 9.17) is 15.1 Å². The molecule has 0 saturated heterocycles. The number of hydrogen-bond donors (Lipinski definition) is 1. The summed E-state index contributed by atoms with van der Waals surface area (Å²) in [6.45, 7) is 2.87. The van der Waals surface area contributed by atoms with Crippen molar-refractivity contribution in [2.75, 3.05) is 5.73 Å². The quantitative estimate of drug-likeness (QED) is 0.616. The van der Waals surface area contributed by atoms with Gasteiger partial charge in [-0.1, -0.05) is 36.4 Å². The van der Waals surface area contributed by atoms with Gasteiger partial charge in [-0.15, -0.1) is 0 Å². The van der Waals surface area contributed by atoms with Gasteiger partial charge in [-0.2, -0.15) is 0 Å². The second-order valence-corrected chi connectivity index (χ2v) is 5.68. The van der Waals surface area contributed by atoms with Crippen LogP contribution in [-0.4, -0.2) is 9.55 Å². The molecule has 114 valence electrons. The van der Waals surface area contributed by atoms with Crippen LogP contribution in [0.25, 0.3) is 22.4 Å². The molecule has 2 aromatic carbocycles. The Hall–Kier alpha value is -3.01. The lowest BCUT2D eigenvalue weighted by Gasteiger charge is -2.11. The zero-order valence-electron chi connectivity index (χ0n) is 12.9. The van der Waals surface area contributed by atoms with Gasteiger partial charge in [0.2, 0.25) is 0 Å². The van der Waals surface area contributed by atoms with E-state index >= 15 is 0 Å². The predicted octanol–water partition coefficient (Wildman–Crippen LogP) is 4.24. The lowest BCUT2D eigenvalue weighted by molar-refractivity contribution is 0.568. The second-order valence-electron chi connectivity index (χ2n) is 5.68. The normalized spacial score (nSPS) is 11.2. The van der Waals surface area contributed by atoms with Crippen LogP contribution in [0.2, 0.25) is 0 Å². The number of rotatable bonds is 3. The summed E-state index contributed by atoms with van der Waals surface area (Å²) in [4.78, 5) is 4.76. The smallest absolute Gasteiger partial charge is 0.146 e. The van der Waals surface area contributed by atoms with E-state index in [0.717, 1.165) is 29.0 Å². The topological polar surface area (TPSA) is 57.0 Å². The molecule has 0 spiro atoms. The second kappa shape index (κ2) is 5.32. The molecule has 0 saturated carbocycles. The van der Waals surface area contributed by atoms with Crippen LogP contribution in [0.4, 0.5) is 5.69 Å². The molecule has 0 aliphatic rings. The molecule has 2 heterocycles. The molecule has 4 rings (SSSR count). The van der Waals surface area contributed by atoms with Crippen molar-refractivity contribution in [1.82, 2.24) is 9.55 Å². The van der Waals surface area contributed by atoms with Gasteiger partial charge in [0, 0.05) is 6.54 Å². The fraction of sp³-hybridized carbons (Fsp3) is 0.105. The first-order chi connectivity index (χ1) is 11.2. The first-order valence-electron chi connectivity index (χ1n) is 7.56. The molecular formula is C19H17N3O. The van der Waals surface area contributed by atoms with E-state index in [9.17, 15) is 0 Å². The lowest BCUT2D eigenvalue weighted by Crippen LogP contribution is -2.04. The third-order valence-electron chi connectivity index (χ3n) is 4.18. The van der Waals surface area contributed by atoms with Crippen LogP contribution in [-0.2, 0) is 6.54 Å². The molecule has 0 radical (unpaired) electrons. The van der Waals surface area contributed by atoms with E-state index in [0.29, 0.717) is 5.69 Å². The Morgan fingerprint density at radius 2 is 1.83 bits per heavy atom. The minimum atomic E-state index is 0.603. The molecule has 4 aromatic rings. The van der Waals surface area contributed by atoms with Crippen molar-refractivity contribution in [2.45, 2.75) is 13.5 Å². The van der Waals surface area contributed by atoms with E-state index in [2.05, 4.69) is 41.8 Å². The summed E-state index contributed by atoms with van der Waals surface area (Å²) in [6.07, 6.45) is 3.21. The Morgan fingerprint density at radius 1 is 1.04 bits per heavy atom. The molecule has 4 heteroatoms. The van der Waals surface area contributed by atoms with Crippen molar-refractivity contribution >= 4 is 16.7 Å². The Labute approximate surface area is 134 Å². The van der Waals surface area contributed by atoms with Crippen molar-refractivity contribution in [3.05, 3.63) is 72.2 Å². The number of anilines is 1. The third kappa shape index (κ3) is 2.28. The minimum Gasteiger partial charge on any atom is -0.470 e. The van der Waals surface area contributed by atoms with Gasteiger partial charge >= 0.3 is 0 Å². The maximum atomic E-state index is 6.04. The van der Waals surface area contributed by atoms with Crippen LogP contribution >= 0.6 is 0 Å². The molecule has 2 N–H and O–H groups in total. The first-order valence-corrected chi connectivity index (χ1v) is 7.56. The fourth-order valence-electron chi connectivity index (χ4n) is 2.89. The van der Waals surface area contributed by atoms with Gasteiger partial charge < -0.3 is 14.7 Å². The summed E-state index contributed by atoms with van der Waals surface area (Å²) in [7, 11) is 0. The van der Waals surface area contributed by atoms with E-state index in [-0.39, 0.29) is 0 Å². The maximum Gasteiger partial charge on any atom is 0.146 e. The van der Waals surface area contributed by atoms with Crippen molar-refractivity contribution in [2.24, 2.45) is 0 Å². The van der Waals surface area contributed by atoms with Crippen molar-refractivity contribution < 1.29 is 4.42 Å². The average molecular weight is 303 g/mol. The van der Waals surface area contributed by atoms with E-state index in [1.165, 1.54) is 11.1 Å². The van der Waals surface area contributed by atoms with Crippen LogP contribution in [0.3, 0.4) is 0 Å². The summed E-state index contributed by atoms with van der Waals surface area (Å²) in [5.74, 6) is 0.834. The van der Waals surface area contributed by atoms with E-state index in [1.807, 2.05) is 18.2 Å². The van der Waals surface area contributed by atoms with E-state index in [1.54, 1.807) is 12.5 Å². The monoisotopic (exact) mass is 303 g/mol. The number of benzene rings is 2. The molecule has 2 aromatic heterocycles. The number of hydrogen-bond acceptors (Lipinski definition) is 3. The van der Waals surface area contributed by atoms with Gasteiger partial charge in [0.05, 0.1) is 22.3 Å². The maximum absolute atomic E-state index is 6.04. The molecule has 0 amide bonds. The van der Waals surface area contributed by atoms with Crippen molar-refractivity contribution in [3.8, 4) is 11.4 Å². The Kier molecular flexibility index (Phi) is 3.15.